The van der Waals surface area contributed by atoms with Crippen LogP contribution in [0.25, 0.3) is 11.0 Å². The first-order valence-corrected chi connectivity index (χ1v) is 8.97. The van der Waals surface area contributed by atoms with E-state index in [9.17, 15) is 8.42 Å². The third kappa shape index (κ3) is 2.64. The summed E-state index contributed by atoms with van der Waals surface area (Å²) in [4.78, 5) is 4.31. The van der Waals surface area contributed by atoms with Crippen LogP contribution in [0.5, 0.6) is 0 Å². The summed E-state index contributed by atoms with van der Waals surface area (Å²) < 4.78 is 25.9. The van der Waals surface area contributed by atoms with Crippen LogP contribution in [0, 0.1) is 13.8 Å². The SMILES string of the molecule is Cc1ccc(C)c(Cn2c(S(C)(=O)=O)nc3ccccc32)c1. The van der Waals surface area contributed by atoms with Crippen LogP contribution in [0.3, 0.4) is 0 Å². The van der Waals surface area contributed by atoms with Gasteiger partial charge in [0, 0.05) is 6.26 Å². The van der Waals surface area contributed by atoms with Crippen LogP contribution >= 0.6 is 0 Å². The van der Waals surface area contributed by atoms with Crippen LogP contribution in [0.2, 0.25) is 0 Å². The number of rotatable bonds is 3. The van der Waals surface area contributed by atoms with Crippen molar-refractivity contribution in [3.63, 3.8) is 0 Å². The summed E-state index contributed by atoms with van der Waals surface area (Å²) in [5.41, 5.74) is 4.94. The third-order valence-electron chi connectivity index (χ3n) is 3.78. The normalized spacial score (nSPS) is 12.0. The lowest BCUT2D eigenvalue weighted by molar-refractivity contribution is 0.581. The number of para-hydroxylation sites is 2. The summed E-state index contributed by atoms with van der Waals surface area (Å²) in [6, 6.07) is 13.7. The maximum Gasteiger partial charge on any atom is 0.228 e. The van der Waals surface area contributed by atoms with Crippen molar-refractivity contribution in [2.24, 2.45) is 0 Å². The molecular formula is C17H18N2O2S. The number of hydrogen-bond donors (Lipinski definition) is 0. The van der Waals surface area contributed by atoms with Crippen molar-refractivity contribution >= 4 is 20.9 Å². The van der Waals surface area contributed by atoms with E-state index in [1.807, 2.05) is 38.1 Å². The van der Waals surface area contributed by atoms with Gasteiger partial charge in [-0.1, -0.05) is 35.9 Å². The molecule has 2 aromatic carbocycles. The number of aromatic nitrogens is 2. The van der Waals surface area contributed by atoms with E-state index in [0.717, 1.165) is 22.2 Å². The summed E-state index contributed by atoms with van der Waals surface area (Å²) >= 11 is 0. The smallest absolute Gasteiger partial charge is 0.228 e. The van der Waals surface area contributed by atoms with Gasteiger partial charge in [-0.05, 0) is 37.1 Å². The van der Waals surface area contributed by atoms with E-state index in [4.69, 9.17) is 0 Å². The molecule has 0 bridgehead atoms. The van der Waals surface area contributed by atoms with Crippen molar-refractivity contribution in [2.45, 2.75) is 25.5 Å². The largest absolute Gasteiger partial charge is 0.310 e. The molecule has 0 spiro atoms. The van der Waals surface area contributed by atoms with E-state index in [-0.39, 0.29) is 5.16 Å². The van der Waals surface area contributed by atoms with Crippen molar-refractivity contribution < 1.29 is 8.42 Å². The fourth-order valence-electron chi connectivity index (χ4n) is 2.63. The maximum absolute atomic E-state index is 12.1. The Labute approximate surface area is 130 Å². The molecule has 114 valence electrons. The third-order valence-corrected chi connectivity index (χ3v) is 4.76. The van der Waals surface area contributed by atoms with Gasteiger partial charge in [-0.25, -0.2) is 13.4 Å². The lowest BCUT2D eigenvalue weighted by Gasteiger charge is -2.11. The summed E-state index contributed by atoms with van der Waals surface area (Å²) in [7, 11) is -3.39. The summed E-state index contributed by atoms with van der Waals surface area (Å²) in [6.07, 6.45) is 1.20. The summed E-state index contributed by atoms with van der Waals surface area (Å²) in [5, 5.41) is 0.120. The van der Waals surface area contributed by atoms with E-state index < -0.39 is 9.84 Å². The van der Waals surface area contributed by atoms with Crippen LogP contribution in [-0.4, -0.2) is 24.2 Å². The van der Waals surface area contributed by atoms with Gasteiger partial charge < -0.3 is 4.57 Å². The van der Waals surface area contributed by atoms with Gasteiger partial charge in [-0.2, -0.15) is 0 Å². The number of fused-ring (bicyclic) bond motifs is 1. The van der Waals surface area contributed by atoms with Gasteiger partial charge >= 0.3 is 0 Å². The fourth-order valence-corrected chi connectivity index (χ4v) is 3.46. The summed E-state index contributed by atoms with van der Waals surface area (Å²) in [6.45, 7) is 4.57. The van der Waals surface area contributed by atoms with Crippen molar-refractivity contribution in [3.8, 4) is 0 Å². The van der Waals surface area contributed by atoms with Crippen molar-refractivity contribution in [2.75, 3.05) is 6.26 Å². The highest BCUT2D eigenvalue weighted by molar-refractivity contribution is 7.90. The van der Waals surface area contributed by atoms with Crippen molar-refractivity contribution in [3.05, 3.63) is 59.2 Å². The summed E-state index contributed by atoms with van der Waals surface area (Å²) in [5.74, 6) is 0. The highest BCUT2D eigenvalue weighted by Gasteiger charge is 2.19. The second kappa shape index (κ2) is 5.25. The molecule has 0 radical (unpaired) electrons. The van der Waals surface area contributed by atoms with Crippen LogP contribution < -0.4 is 0 Å². The quantitative estimate of drug-likeness (QED) is 0.746. The van der Waals surface area contributed by atoms with Crippen LogP contribution in [-0.2, 0) is 16.4 Å². The monoisotopic (exact) mass is 314 g/mol. The zero-order valence-corrected chi connectivity index (χ0v) is 13.7. The van der Waals surface area contributed by atoms with E-state index in [1.165, 1.54) is 6.26 Å². The van der Waals surface area contributed by atoms with Gasteiger partial charge in [0.2, 0.25) is 15.0 Å². The first-order chi connectivity index (χ1) is 10.4. The molecule has 0 unspecified atom stereocenters. The predicted molar refractivity (Wildman–Crippen MR) is 87.9 cm³/mol. The van der Waals surface area contributed by atoms with E-state index in [0.29, 0.717) is 12.1 Å². The standard InChI is InChI=1S/C17H18N2O2S/c1-12-8-9-13(2)14(10-12)11-19-16-7-5-4-6-15(16)18-17(19)22(3,20)21/h4-10H,11H2,1-3H3. The maximum atomic E-state index is 12.1. The lowest BCUT2D eigenvalue weighted by Crippen LogP contribution is -2.11. The number of sulfone groups is 1. The average Bonchev–Trinajstić information content (AvgIpc) is 2.82. The number of imidazole rings is 1. The molecule has 0 atom stereocenters. The lowest BCUT2D eigenvalue weighted by atomic mass is 10.1. The van der Waals surface area contributed by atoms with E-state index in [1.54, 1.807) is 4.57 Å². The first-order valence-electron chi connectivity index (χ1n) is 7.08. The molecular weight excluding hydrogens is 296 g/mol. The molecule has 5 heteroatoms. The zero-order valence-electron chi connectivity index (χ0n) is 12.9. The molecule has 0 aliphatic rings. The molecule has 0 aliphatic heterocycles. The molecule has 4 nitrogen and oxygen atoms in total. The fraction of sp³-hybridized carbons (Fsp3) is 0.235. The Kier molecular flexibility index (Phi) is 3.53. The molecule has 0 saturated heterocycles. The van der Waals surface area contributed by atoms with E-state index in [2.05, 4.69) is 23.2 Å². The number of aryl methyl sites for hydroxylation is 2. The Morgan fingerprint density at radius 1 is 1.09 bits per heavy atom. The first kappa shape index (κ1) is 14.8. The van der Waals surface area contributed by atoms with Crippen LogP contribution in [0.15, 0.2) is 47.6 Å². The molecule has 0 amide bonds. The van der Waals surface area contributed by atoms with Gasteiger partial charge in [0.05, 0.1) is 17.6 Å². The van der Waals surface area contributed by atoms with Crippen molar-refractivity contribution in [1.29, 1.82) is 0 Å². The second-order valence-electron chi connectivity index (χ2n) is 5.67. The molecule has 3 aromatic rings. The molecule has 0 N–H and O–H groups in total. The zero-order chi connectivity index (χ0) is 15.9. The molecule has 0 saturated carbocycles. The van der Waals surface area contributed by atoms with Crippen LogP contribution in [0.4, 0.5) is 0 Å². The number of benzene rings is 2. The second-order valence-corrected chi connectivity index (χ2v) is 7.58. The van der Waals surface area contributed by atoms with Gasteiger partial charge in [0.25, 0.3) is 0 Å². The molecule has 0 fully saturated rings. The minimum Gasteiger partial charge on any atom is -0.310 e. The Hall–Kier alpha value is -2.14. The highest BCUT2D eigenvalue weighted by Crippen LogP contribution is 2.22. The molecule has 1 aromatic heterocycles. The molecule has 1 heterocycles. The highest BCUT2D eigenvalue weighted by atomic mass is 32.2. The van der Waals surface area contributed by atoms with Gasteiger partial charge in [-0.15, -0.1) is 0 Å². The van der Waals surface area contributed by atoms with Crippen LogP contribution in [0.1, 0.15) is 16.7 Å². The molecule has 22 heavy (non-hydrogen) atoms. The van der Waals surface area contributed by atoms with Gasteiger partial charge in [0.15, 0.2) is 0 Å². The Bertz CT molecular complexity index is 956. The minimum atomic E-state index is -3.39. The minimum absolute atomic E-state index is 0.120. The topological polar surface area (TPSA) is 52.0 Å². The number of hydrogen-bond acceptors (Lipinski definition) is 3. The Morgan fingerprint density at radius 2 is 1.82 bits per heavy atom. The Balaban J connectivity index is 2.23. The van der Waals surface area contributed by atoms with Gasteiger partial charge in [-0.3, -0.25) is 0 Å². The van der Waals surface area contributed by atoms with E-state index >= 15 is 0 Å². The molecule has 3 rings (SSSR count). The van der Waals surface area contributed by atoms with Gasteiger partial charge in [0.1, 0.15) is 0 Å². The number of nitrogens with zero attached hydrogens (tertiary/aromatic N) is 2. The molecule has 0 aliphatic carbocycles. The predicted octanol–water partition coefficient (Wildman–Crippen LogP) is 3.10. The average molecular weight is 314 g/mol. The van der Waals surface area contributed by atoms with Crippen molar-refractivity contribution in [1.82, 2.24) is 9.55 Å². The Morgan fingerprint density at radius 3 is 2.55 bits per heavy atom.